The number of hydrogen-bond donors (Lipinski definition) is 1. The number of para-hydroxylation sites is 1. The number of piperazine rings is 1. The highest BCUT2D eigenvalue weighted by atomic mass is 32.2. The van der Waals surface area contributed by atoms with E-state index in [0.717, 1.165) is 44.2 Å². The van der Waals surface area contributed by atoms with Crippen LogP contribution in [-0.4, -0.2) is 81.3 Å². The van der Waals surface area contributed by atoms with Crippen molar-refractivity contribution in [3.8, 4) is 0 Å². The third-order valence-corrected chi connectivity index (χ3v) is 6.47. The summed E-state index contributed by atoms with van der Waals surface area (Å²) in [5.41, 5.74) is 2.24. The minimum Gasteiger partial charge on any atom is -0.447 e. The molecule has 8 heteroatoms. The number of benzene rings is 2. The zero-order chi connectivity index (χ0) is 21.5. The number of hydrogen-bond acceptors (Lipinski definition) is 7. The molecule has 164 valence electrons. The number of amidine groups is 1. The van der Waals surface area contributed by atoms with Gasteiger partial charge in [-0.1, -0.05) is 42.1 Å². The maximum atomic E-state index is 11.0. The first-order chi connectivity index (χ1) is 15.2. The number of aliphatic imine (C=N–C) groups is 1. The second kappa shape index (κ2) is 10.7. The van der Waals surface area contributed by atoms with Crippen LogP contribution in [0.1, 0.15) is 5.56 Å². The summed E-state index contributed by atoms with van der Waals surface area (Å²) in [6, 6.07) is 16.9. The summed E-state index contributed by atoms with van der Waals surface area (Å²) < 4.78 is 10.5. The van der Waals surface area contributed by atoms with Gasteiger partial charge in [-0.25, -0.2) is 9.79 Å². The van der Waals surface area contributed by atoms with Crippen molar-refractivity contribution < 1.29 is 14.3 Å². The van der Waals surface area contributed by atoms with E-state index in [2.05, 4.69) is 57.6 Å². The summed E-state index contributed by atoms with van der Waals surface area (Å²) in [5.74, 6) is 1.07. The minimum atomic E-state index is -0.427. The van der Waals surface area contributed by atoms with Gasteiger partial charge in [-0.3, -0.25) is 4.90 Å². The van der Waals surface area contributed by atoms with Gasteiger partial charge in [-0.05, 0) is 18.2 Å². The lowest BCUT2D eigenvalue weighted by Crippen LogP contribution is -2.49. The monoisotopic (exact) mass is 440 g/mol. The van der Waals surface area contributed by atoms with Crippen molar-refractivity contribution in [2.75, 3.05) is 59.6 Å². The Balaban J connectivity index is 1.32. The summed E-state index contributed by atoms with van der Waals surface area (Å²) in [6.07, 6.45) is -0.427. The van der Waals surface area contributed by atoms with Crippen molar-refractivity contribution in [3.63, 3.8) is 0 Å². The van der Waals surface area contributed by atoms with Gasteiger partial charge in [-0.2, -0.15) is 0 Å². The van der Waals surface area contributed by atoms with E-state index in [-0.39, 0.29) is 6.61 Å². The lowest BCUT2D eigenvalue weighted by molar-refractivity contribution is 0.0550. The van der Waals surface area contributed by atoms with Gasteiger partial charge in [0.05, 0.1) is 18.9 Å². The molecule has 0 bridgehead atoms. The SMILES string of the molecule is CNC(=O)OCCOCCN1CCN(C2=Nc3ccccc3Sc3ccccc32)CC1. The Hall–Kier alpha value is -2.55. The fourth-order valence-electron chi connectivity index (χ4n) is 3.65. The maximum Gasteiger partial charge on any atom is 0.406 e. The Morgan fingerprint density at radius 3 is 2.55 bits per heavy atom. The number of rotatable bonds is 6. The minimum absolute atomic E-state index is 0.270. The number of alkyl carbamates (subject to hydrolysis) is 1. The van der Waals surface area contributed by atoms with Crippen LogP contribution in [0.5, 0.6) is 0 Å². The number of nitrogens with zero attached hydrogens (tertiary/aromatic N) is 3. The summed E-state index contributed by atoms with van der Waals surface area (Å²) in [5, 5.41) is 2.41. The molecule has 2 aliphatic heterocycles. The molecule has 0 atom stereocenters. The van der Waals surface area contributed by atoms with Crippen molar-refractivity contribution in [1.82, 2.24) is 15.1 Å². The molecule has 0 saturated carbocycles. The molecular formula is C23H28N4O3S. The number of amides is 1. The molecule has 0 radical (unpaired) electrons. The van der Waals surface area contributed by atoms with E-state index in [0.29, 0.717) is 13.2 Å². The number of ether oxygens (including phenoxy) is 2. The van der Waals surface area contributed by atoms with E-state index in [1.807, 2.05) is 6.07 Å². The second-order valence-corrected chi connectivity index (χ2v) is 8.41. The zero-order valence-electron chi connectivity index (χ0n) is 17.8. The van der Waals surface area contributed by atoms with Gasteiger partial charge in [0.1, 0.15) is 12.4 Å². The first kappa shape index (κ1) is 21.7. The van der Waals surface area contributed by atoms with Crippen molar-refractivity contribution in [2.45, 2.75) is 9.79 Å². The topological polar surface area (TPSA) is 66.4 Å². The normalized spacial score (nSPS) is 16.0. The fraction of sp³-hybridized carbons (Fsp3) is 0.391. The van der Waals surface area contributed by atoms with E-state index in [9.17, 15) is 4.79 Å². The van der Waals surface area contributed by atoms with E-state index in [4.69, 9.17) is 14.5 Å². The molecule has 0 unspecified atom stereocenters. The van der Waals surface area contributed by atoms with E-state index in [1.54, 1.807) is 18.8 Å². The molecule has 2 aliphatic rings. The van der Waals surface area contributed by atoms with Crippen molar-refractivity contribution in [1.29, 1.82) is 0 Å². The Labute approximate surface area is 187 Å². The largest absolute Gasteiger partial charge is 0.447 e. The lowest BCUT2D eigenvalue weighted by Gasteiger charge is -2.36. The average molecular weight is 441 g/mol. The van der Waals surface area contributed by atoms with E-state index < -0.39 is 6.09 Å². The van der Waals surface area contributed by atoms with Gasteiger partial charge in [0, 0.05) is 55.1 Å². The molecule has 0 aromatic heterocycles. The Bertz CT molecular complexity index is 929. The molecule has 2 heterocycles. The Morgan fingerprint density at radius 2 is 1.74 bits per heavy atom. The molecule has 4 rings (SSSR count). The quantitative estimate of drug-likeness (QED) is 0.696. The van der Waals surface area contributed by atoms with Crippen LogP contribution in [0.15, 0.2) is 63.3 Å². The summed E-state index contributed by atoms with van der Waals surface area (Å²) in [4.78, 5) is 23.3. The highest BCUT2D eigenvalue weighted by Crippen LogP contribution is 2.40. The molecule has 1 fully saturated rings. The predicted molar refractivity (Wildman–Crippen MR) is 122 cm³/mol. The van der Waals surface area contributed by atoms with Crippen LogP contribution in [0.3, 0.4) is 0 Å². The molecule has 7 nitrogen and oxygen atoms in total. The van der Waals surface area contributed by atoms with Gasteiger partial charge < -0.3 is 19.7 Å². The zero-order valence-corrected chi connectivity index (χ0v) is 18.6. The fourth-order valence-corrected chi connectivity index (χ4v) is 4.67. The highest BCUT2D eigenvalue weighted by Gasteiger charge is 2.25. The van der Waals surface area contributed by atoms with Crippen molar-refractivity contribution >= 4 is 29.4 Å². The molecule has 0 spiro atoms. The Morgan fingerprint density at radius 1 is 1.00 bits per heavy atom. The molecular weight excluding hydrogens is 412 g/mol. The third-order valence-electron chi connectivity index (χ3n) is 5.33. The lowest BCUT2D eigenvalue weighted by atomic mass is 10.1. The van der Waals surface area contributed by atoms with Gasteiger partial charge in [0.25, 0.3) is 0 Å². The number of carbonyl (C=O) groups excluding carboxylic acids is 1. The van der Waals surface area contributed by atoms with Crippen LogP contribution in [0.2, 0.25) is 0 Å². The molecule has 2 aromatic carbocycles. The summed E-state index contributed by atoms with van der Waals surface area (Å²) in [6.45, 7) is 5.98. The number of fused-ring (bicyclic) bond motifs is 2. The first-order valence-corrected chi connectivity index (χ1v) is 11.4. The average Bonchev–Trinajstić information content (AvgIpc) is 2.98. The Kier molecular flexibility index (Phi) is 7.45. The molecule has 1 amide bonds. The number of carbonyl (C=O) groups is 1. The van der Waals surface area contributed by atoms with Crippen LogP contribution >= 0.6 is 11.8 Å². The maximum absolute atomic E-state index is 11.0. The van der Waals surface area contributed by atoms with Crippen LogP contribution in [0.25, 0.3) is 0 Å². The third kappa shape index (κ3) is 5.58. The van der Waals surface area contributed by atoms with Crippen LogP contribution in [0.4, 0.5) is 10.5 Å². The van der Waals surface area contributed by atoms with Crippen LogP contribution in [0, 0.1) is 0 Å². The van der Waals surface area contributed by atoms with E-state index in [1.165, 1.54) is 15.4 Å². The van der Waals surface area contributed by atoms with Crippen LogP contribution < -0.4 is 5.32 Å². The first-order valence-electron chi connectivity index (χ1n) is 10.6. The van der Waals surface area contributed by atoms with Gasteiger partial charge in [0.2, 0.25) is 0 Å². The smallest absolute Gasteiger partial charge is 0.406 e. The predicted octanol–water partition coefficient (Wildman–Crippen LogP) is 3.22. The van der Waals surface area contributed by atoms with E-state index >= 15 is 0 Å². The van der Waals surface area contributed by atoms with Gasteiger partial charge >= 0.3 is 6.09 Å². The van der Waals surface area contributed by atoms with Crippen molar-refractivity contribution in [3.05, 3.63) is 54.1 Å². The second-order valence-electron chi connectivity index (χ2n) is 7.33. The standard InChI is InChI=1S/C23H28N4O3S/c1-24-23(28)30-17-16-29-15-14-26-10-12-27(13-11-26)22-18-6-2-4-8-20(18)31-21-9-5-3-7-19(21)25-22/h2-9H,10-17H2,1H3,(H,24,28). The molecule has 1 N–H and O–H groups in total. The number of nitrogens with one attached hydrogen (secondary N) is 1. The summed E-state index contributed by atoms with van der Waals surface area (Å²) in [7, 11) is 1.54. The molecule has 2 aromatic rings. The van der Waals surface area contributed by atoms with Crippen LogP contribution in [-0.2, 0) is 9.47 Å². The molecule has 1 saturated heterocycles. The molecule has 0 aliphatic carbocycles. The van der Waals surface area contributed by atoms with Crippen molar-refractivity contribution in [2.24, 2.45) is 4.99 Å². The molecule has 31 heavy (non-hydrogen) atoms. The van der Waals surface area contributed by atoms with Gasteiger partial charge in [-0.15, -0.1) is 0 Å². The highest BCUT2D eigenvalue weighted by molar-refractivity contribution is 7.99. The van der Waals surface area contributed by atoms with Gasteiger partial charge in [0.15, 0.2) is 0 Å². The summed E-state index contributed by atoms with van der Waals surface area (Å²) >= 11 is 1.79.